The molecule has 0 unspecified atom stereocenters. The molecule has 88 valence electrons. The van der Waals surface area contributed by atoms with Crippen molar-refractivity contribution in [3.8, 4) is 0 Å². The van der Waals surface area contributed by atoms with E-state index in [0.717, 1.165) is 0 Å². The molecule has 19 N–H and O–H groups in total. The minimum Gasteiger partial charge on any atom is -0.790 e. The number of rotatable bonds is 0. The molecule has 0 saturated carbocycles. The molecule has 0 heterocycles. The summed E-state index contributed by atoms with van der Waals surface area (Å²) < 4.78 is 8.66. The molecule has 0 rings (SSSR count). The van der Waals surface area contributed by atoms with Gasteiger partial charge in [0.15, 0.2) is 0 Å². The molecule has 0 aliphatic rings. The Bertz CT molecular complexity index is 58.7. The van der Waals surface area contributed by atoms with Crippen LogP contribution in [0.25, 0.3) is 0 Å². The van der Waals surface area contributed by atoms with Gasteiger partial charge in [-0.1, -0.05) is 0 Å². The lowest BCUT2D eigenvalue weighted by Gasteiger charge is -2.19. The Hall–Kier alpha value is -0.170. The van der Waals surface area contributed by atoms with E-state index in [9.17, 15) is 0 Å². The van der Waals surface area contributed by atoms with E-state index < -0.39 is 7.82 Å². The second-order valence-corrected chi connectivity index (χ2v) is 1.41. The Morgan fingerprint density at radius 3 is 0.833 bits per heavy atom. The van der Waals surface area contributed by atoms with Crippen molar-refractivity contribution in [2.45, 2.75) is 0 Å². The summed E-state index contributed by atoms with van der Waals surface area (Å²) in [5.41, 5.74) is 0. The van der Waals surface area contributed by atoms with E-state index in [2.05, 4.69) is 0 Å². The maximum absolute atomic E-state index is 8.66. The monoisotopic (exact) mass is 222 g/mol. The zero-order valence-electron chi connectivity index (χ0n) is 6.62. The molecular formula is H19N2O9P. The van der Waals surface area contributed by atoms with Crippen molar-refractivity contribution in [3.05, 3.63) is 0 Å². The van der Waals surface area contributed by atoms with E-state index in [0.29, 0.717) is 0 Å². The molecule has 0 aliphatic carbocycles. The first-order chi connectivity index (χ1) is 2.00. The fraction of sp³-hybridized carbons (Fsp3) is 0. The maximum atomic E-state index is 8.66. The Kier molecular flexibility index (Phi) is 243. The van der Waals surface area contributed by atoms with Gasteiger partial charge in [-0.25, -0.2) is 0 Å². The molecule has 0 aromatic heterocycles. The quantitative estimate of drug-likeness (QED) is 0.337. The molecule has 12 heavy (non-hydrogen) atoms. The van der Waals surface area contributed by atoms with E-state index in [1.165, 1.54) is 0 Å². The van der Waals surface area contributed by atoms with E-state index in [4.69, 9.17) is 19.2 Å². The molecule has 12 heteroatoms. The largest absolute Gasteiger partial charge is 0.790 e. The van der Waals surface area contributed by atoms with Gasteiger partial charge in [0.2, 0.25) is 0 Å². The third-order valence-electron chi connectivity index (χ3n) is 0. The van der Waals surface area contributed by atoms with Crippen molar-refractivity contribution in [2.75, 3.05) is 0 Å². The van der Waals surface area contributed by atoms with Gasteiger partial charge in [-0.15, -0.1) is 0 Å². The number of quaternary nitrogens is 2. The fourth-order valence-electron chi connectivity index (χ4n) is 0. The molecule has 0 aromatic rings. The molecule has 0 aromatic carbocycles. The lowest BCUT2D eigenvalue weighted by Crippen LogP contribution is -2.11. The molecule has 0 amide bonds. The number of hydrogen-bond acceptors (Lipinski definition) is 3. The Balaban J connectivity index is -0.00000000381. The van der Waals surface area contributed by atoms with Crippen molar-refractivity contribution in [3.63, 3.8) is 0 Å². The zero-order chi connectivity index (χ0) is 4.50. The Labute approximate surface area is 68.0 Å². The molecule has 0 radical (unpaired) electrons. The van der Waals surface area contributed by atoms with Crippen LogP contribution in [0.5, 0.6) is 0 Å². The SMILES string of the molecule is O.O.O.O.O.O=P([O-])([O-])O.[NH4+].[NH4+]. The van der Waals surface area contributed by atoms with Crippen molar-refractivity contribution >= 4 is 7.82 Å². The summed E-state index contributed by atoms with van der Waals surface area (Å²) in [4.78, 5) is 24.3. The van der Waals surface area contributed by atoms with Crippen LogP contribution < -0.4 is 22.1 Å². The van der Waals surface area contributed by atoms with Crippen molar-refractivity contribution in [2.24, 2.45) is 0 Å². The van der Waals surface area contributed by atoms with Gasteiger partial charge in [0.05, 0.1) is 7.82 Å². The third kappa shape index (κ3) is 26500. The summed E-state index contributed by atoms with van der Waals surface area (Å²) >= 11 is 0. The van der Waals surface area contributed by atoms with Crippen LogP contribution in [-0.4, -0.2) is 32.3 Å². The van der Waals surface area contributed by atoms with E-state index in [1.807, 2.05) is 0 Å². The minimum absolute atomic E-state index is 0. The van der Waals surface area contributed by atoms with E-state index in [1.54, 1.807) is 0 Å². The standard InChI is InChI=1S/2H3N.H3O4P.5H2O/c;;1-5(2,3)4;;;;;/h2*1H3;(H3,1,2,3,4);5*1H2. The average Bonchev–Trinajstić information content (AvgIpc) is 0.722. The lowest BCUT2D eigenvalue weighted by molar-refractivity contribution is -0.337. The maximum Gasteiger partial charge on any atom is 0.0557 e. The summed E-state index contributed by atoms with van der Waals surface area (Å²) in [6, 6.07) is 0. The van der Waals surface area contributed by atoms with Crippen LogP contribution in [0.15, 0.2) is 0 Å². The molecule has 0 atom stereocenters. The van der Waals surface area contributed by atoms with Crippen molar-refractivity contribution < 1.29 is 46.6 Å². The lowest BCUT2D eigenvalue weighted by atomic mass is 14.0. The van der Waals surface area contributed by atoms with Crippen molar-refractivity contribution in [1.29, 1.82) is 0 Å². The molecule has 0 aliphatic heterocycles. The highest BCUT2D eigenvalue weighted by Gasteiger charge is 1.64. The van der Waals surface area contributed by atoms with Crippen LogP contribution in [0.4, 0.5) is 0 Å². The Morgan fingerprint density at radius 2 is 0.833 bits per heavy atom. The highest BCUT2D eigenvalue weighted by Crippen LogP contribution is 2.11. The summed E-state index contributed by atoms with van der Waals surface area (Å²) in [6.45, 7) is 0. The van der Waals surface area contributed by atoms with Gasteiger partial charge in [0.25, 0.3) is 0 Å². The second-order valence-electron chi connectivity index (χ2n) is 0.469. The predicted molar refractivity (Wildman–Crippen MR) is 39.9 cm³/mol. The first-order valence-corrected chi connectivity index (χ1v) is 2.24. The molecular weight excluding hydrogens is 203 g/mol. The number of phosphoric acid groups is 1. The average molecular weight is 222 g/mol. The smallest absolute Gasteiger partial charge is 0.0557 e. The summed E-state index contributed by atoms with van der Waals surface area (Å²) in [6.07, 6.45) is 0. The van der Waals surface area contributed by atoms with Gasteiger partial charge in [-0.2, -0.15) is 0 Å². The normalized spacial score (nSPS) is 4.92. The van der Waals surface area contributed by atoms with Crippen LogP contribution in [-0.2, 0) is 4.57 Å². The van der Waals surface area contributed by atoms with E-state index >= 15 is 0 Å². The molecule has 0 saturated heterocycles. The van der Waals surface area contributed by atoms with Gasteiger partial charge >= 0.3 is 0 Å². The Morgan fingerprint density at radius 1 is 0.833 bits per heavy atom. The van der Waals surface area contributed by atoms with Crippen LogP contribution in [0.3, 0.4) is 0 Å². The van der Waals surface area contributed by atoms with Gasteiger partial charge in [-0.05, 0) is 0 Å². The fourth-order valence-corrected chi connectivity index (χ4v) is 0. The third-order valence-corrected chi connectivity index (χ3v) is 0. The van der Waals surface area contributed by atoms with Gasteiger partial charge in [-0.3, -0.25) is 0 Å². The van der Waals surface area contributed by atoms with Gasteiger partial charge in [0, 0.05) is 0 Å². The summed E-state index contributed by atoms with van der Waals surface area (Å²) in [7, 11) is -5.14. The zero-order valence-corrected chi connectivity index (χ0v) is 7.51. The van der Waals surface area contributed by atoms with E-state index in [-0.39, 0.29) is 39.7 Å². The van der Waals surface area contributed by atoms with Crippen LogP contribution in [0.1, 0.15) is 0 Å². The van der Waals surface area contributed by atoms with Gasteiger partial charge in [0.1, 0.15) is 0 Å². The molecule has 0 spiro atoms. The van der Waals surface area contributed by atoms with Crippen LogP contribution >= 0.6 is 7.82 Å². The highest BCUT2D eigenvalue weighted by molar-refractivity contribution is 7.42. The second kappa shape index (κ2) is 30.8. The van der Waals surface area contributed by atoms with Crippen LogP contribution in [0.2, 0.25) is 0 Å². The summed E-state index contributed by atoms with van der Waals surface area (Å²) in [5, 5.41) is 0. The molecule has 11 nitrogen and oxygen atoms in total. The number of hydrogen-bond donors (Lipinski definition) is 3. The molecule has 0 fully saturated rings. The topological polar surface area (TPSA) is 314 Å². The first-order valence-electron chi connectivity index (χ1n) is 0.748. The predicted octanol–water partition coefficient (Wildman–Crippen LogP) is -5.56. The van der Waals surface area contributed by atoms with Crippen molar-refractivity contribution in [1.82, 2.24) is 12.3 Å². The first kappa shape index (κ1) is 94.6. The van der Waals surface area contributed by atoms with Gasteiger partial charge < -0.3 is 58.9 Å². The summed E-state index contributed by atoms with van der Waals surface area (Å²) in [5.74, 6) is 0. The molecule has 0 bridgehead atoms. The minimum atomic E-state index is -5.14. The highest BCUT2D eigenvalue weighted by atomic mass is 31.2. The van der Waals surface area contributed by atoms with Crippen LogP contribution in [0, 0.1) is 0 Å².